The van der Waals surface area contributed by atoms with Gasteiger partial charge in [-0.3, -0.25) is 4.90 Å². The molecule has 2 bridgehead atoms. The third-order valence-corrected chi connectivity index (χ3v) is 5.29. The molecule has 1 N–H and O–H groups in total. The fourth-order valence-electron chi connectivity index (χ4n) is 4.08. The molecule has 20 heavy (non-hydrogen) atoms. The van der Waals surface area contributed by atoms with Crippen LogP contribution in [0.3, 0.4) is 0 Å². The predicted octanol–water partition coefficient (Wildman–Crippen LogP) is 4.34. The highest BCUT2D eigenvalue weighted by Gasteiger charge is 2.34. The van der Waals surface area contributed by atoms with Gasteiger partial charge in [0, 0.05) is 31.2 Å². The van der Waals surface area contributed by atoms with Crippen molar-refractivity contribution in [2.75, 3.05) is 13.1 Å². The number of piperazine rings is 1. The quantitative estimate of drug-likeness (QED) is 0.599. The number of unbranched alkanes of at least 4 members (excludes halogenated alkanes) is 5. The van der Waals surface area contributed by atoms with E-state index < -0.39 is 0 Å². The lowest BCUT2D eigenvalue weighted by atomic mass is 9.98. The molecule has 0 amide bonds. The standard InChI is InChI=1S/C18H36N2/c1-3-5-7-9-11-18(10-8-6-4-2)20-14-16-12-13-17(15-20)19-16/h16-19H,3-15H2,1-2H3/t16-,17?,18?/m1/s1. The van der Waals surface area contributed by atoms with Crippen LogP contribution < -0.4 is 5.32 Å². The Morgan fingerprint density at radius 3 is 2.00 bits per heavy atom. The van der Waals surface area contributed by atoms with Crippen molar-refractivity contribution < 1.29 is 0 Å². The molecule has 2 saturated heterocycles. The van der Waals surface area contributed by atoms with Gasteiger partial charge >= 0.3 is 0 Å². The van der Waals surface area contributed by atoms with Gasteiger partial charge in [-0.2, -0.15) is 0 Å². The maximum Gasteiger partial charge on any atom is 0.0198 e. The number of nitrogens with zero attached hydrogens (tertiary/aromatic N) is 1. The summed E-state index contributed by atoms with van der Waals surface area (Å²) in [6, 6.07) is 2.49. The monoisotopic (exact) mass is 280 g/mol. The van der Waals surface area contributed by atoms with Crippen molar-refractivity contribution in [2.45, 2.75) is 103 Å². The first kappa shape index (κ1) is 16.3. The van der Waals surface area contributed by atoms with E-state index >= 15 is 0 Å². The highest BCUT2D eigenvalue weighted by molar-refractivity contribution is 4.94. The zero-order chi connectivity index (χ0) is 14.2. The molecule has 2 aliphatic rings. The second-order valence-electron chi connectivity index (χ2n) is 7.09. The van der Waals surface area contributed by atoms with Crippen molar-refractivity contribution in [1.82, 2.24) is 10.2 Å². The molecule has 2 rings (SSSR count). The number of fused-ring (bicyclic) bond motifs is 2. The normalized spacial score (nSPS) is 27.9. The lowest BCUT2D eigenvalue weighted by Crippen LogP contribution is -2.54. The third kappa shape index (κ3) is 5.04. The molecule has 0 aromatic carbocycles. The molecule has 3 atom stereocenters. The number of likely N-dealkylation sites (tertiary alicyclic amines) is 1. The molecular weight excluding hydrogens is 244 g/mol. The minimum absolute atomic E-state index is 0.804. The molecule has 2 heteroatoms. The molecule has 2 nitrogen and oxygen atoms in total. The highest BCUT2D eigenvalue weighted by atomic mass is 15.2. The second-order valence-corrected chi connectivity index (χ2v) is 7.09. The second kappa shape index (κ2) is 9.04. The molecule has 0 aromatic heterocycles. The van der Waals surface area contributed by atoms with Gasteiger partial charge in [-0.25, -0.2) is 0 Å². The van der Waals surface area contributed by atoms with Crippen LogP contribution in [0.4, 0.5) is 0 Å². The van der Waals surface area contributed by atoms with Crippen molar-refractivity contribution >= 4 is 0 Å². The third-order valence-electron chi connectivity index (χ3n) is 5.29. The lowest BCUT2D eigenvalue weighted by molar-refractivity contribution is 0.122. The Bertz CT molecular complexity index is 242. The fraction of sp³-hybridized carbons (Fsp3) is 1.00. The maximum absolute atomic E-state index is 3.78. The summed E-state index contributed by atoms with van der Waals surface area (Å²) in [7, 11) is 0. The Morgan fingerprint density at radius 2 is 1.40 bits per heavy atom. The van der Waals surface area contributed by atoms with Gasteiger partial charge in [-0.15, -0.1) is 0 Å². The minimum atomic E-state index is 0.804. The Hall–Kier alpha value is -0.0800. The maximum atomic E-state index is 3.78. The van der Waals surface area contributed by atoms with E-state index in [1.807, 2.05) is 0 Å². The average molecular weight is 280 g/mol. The first-order chi connectivity index (χ1) is 9.83. The number of hydrogen-bond donors (Lipinski definition) is 1. The first-order valence-electron chi connectivity index (χ1n) is 9.33. The lowest BCUT2D eigenvalue weighted by Gasteiger charge is -2.39. The van der Waals surface area contributed by atoms with Gasteiger partial charge in [0.2, 0.25) is 0 Å². The first-order valence-corrected chi connectivity index (χ1v) is 9.33. The van der Waals surface area contributed by atoms with Gasteiger partial charge in [-0.1, -0.05) is 58.8 Å². The number of hydrogen-bond acceptors (Lipinski definition) is 2. The van der Waals surface area contributed by atoms with Crippen LogP contribution in [-0.4, -0.2) is 36.1 Å². The SMILES string of the molecule is CCCCCCC(CCCCC)N1CC2CC[C@H](C1)N2. The van der Waals surface area contributed by atoms with E-state index in [0.717, 1.165) is 18.1 Å². The van der Waals surface area contributed by atoms with Crippen molar-refractivity contribution in [3.63, 3.8) is 0 Å². The number of rotatable bonds is 10. The van der Waals surface area contributed by atoms with E-state index in [4.69, 9.17) is 0 Å². The molecule has 2 fully saturated rings. The molecule has 0 aromatic rings. The molecular formula is C18H36N2. The molecule has 0 radical (unpaired) electrons. The van der Waals surface area contributed by atoms with Crippen LogP contribution in [0.5, 0.6) is 0 Å². The van der Waals surface area contributed by atoms with Crippen molar-refractivity contribution in [1.29, 1.82) is 0 Å². The van der Waals surface area contributed by atoms with Crippen LogP contribution in [0, 0.1) is 0 Å². The highest BCUT2D eigenvalue weighted by Crippen LogP contribution is 2.25. The summed E-state index contributed by atoms with van der Waals surface area (Å²) < 4.78 is 0. The largest absolute Gasteiger partial charge is 0.309 e. The molecule has 2 aliphatic heterocycles. The molecule has 0 aliphatic carbocycles. The summed E-state index contributed by atoms with van der Waals surface area (Å²) in [6.45, 7) is 7.27. The Labute approximate surface area is 126 Å². The van der Waals surface area contributed by atoms with Crippen LogP contribution in [0.2, 0.25) is 0 Å². The zero-order valence-electron chi connectivity index (χ0n) is 13.9. The van der Waals surface area contributed by atoms with E-state index in [-0.39, 0.29) is 0 Å². The van der Waals surface area contributed by atoms with E-state index in [2.05, 4.69) is 24.1 Å². The summed E-state index contributed by atoms with van der Waals surface area (Å²) in [6.07, 6.45) is 15.6. The minimum Gasteiger partial charge on any atom is -0.309 e. The van der Waals surface area contributed by atoms with Crippen LogP contribution in [-0.2, 0) is 0 Å². The van der Waals surface area contributed by atoms with E-state index in [1.54, 1.807) is 0 Å². The summed E-state index contributed by atoms with van der Waals surface area (Å²) in [5, 5.41) is 3.78. The van der Waals surface area contributed by atoms with Gasteiger partial charge in [0.1, 0.15) is 0 Å². The van der Waals surface area contributed by atoms with E-state index in [1.165, 1.54) is 83.7 Å². The summed E-state index contributed by atoms with van der Waals surface area (Å²) >= 11 is 0. The summed E-state index contributed by atoms with van der Waals surface area (Å²) in [4.78, 5) is 2.85. The predicted molar refractivity (Wildman–Crippen MR) is 88.2 cm³/mol. The fourth-order valence-corrected chi connectivity index (χ4v) is 4.08. The summed E-state index contributed by atoms with van der Waals surface area (Å²) in [5.74, 6) is 0. The zero-order valence-corrected chi connectivity index (χ0v) is 13.9. The summed E-state index contributed by atoms with van der Waals surface area (Å²) in [5.41, 5.74) is 0. The van der Waals surface area contributed by atoms with E-state index in [0.29, 0.717) is 0 Å². The Balaban J connectivity index is 1.77. The van der Waals surface area contributed by atoms with Crippen LogP contribution >= 0.6 is 0 Å². The molecule has 0 spiro atoms. The number of nitrogens with one attached hydrogen (secondary N) is 1. The van der Waals surface area contributed by atoms with Crippen LogP contribution in [0.1, 0.15) is 84.5 Å². The Morgan fingerprint density at radius 1 is 0.850 bits per heavy atom. The Kier molecular flexibility index (Phi) is 7.37. The van der Waals surface area contributed by atoms with Gasteiger partial charge in [0.15, 0.2) is 0 Å². The smallest absolute Gasteiger partial charge is 0.0198 e. The molecule has 2 heterocycles. The van der Waals surface area contributed by atoms with E-state index in [9.17, 15) is 0 Å². The van der Waals surface area contributed by atoms with Crippen LogP contribution in [0.15, 0.2) is 0 Å². The van der Waals surface area contributed by atoms with Crippen molar-refractivity contribution in [3.05, 3.63) is 0 Å². The van der Waals surface area contributed by atoms with Gasteiger partial charge in [-0.05, 0) is 25.7 Å². The molecule has 2 unspecified atom stereocenters. The average Bonchev–Trinajstić information content (AvgIpc) is 2.80. The van der Waals surface area contributed by atoms with Crippen molar-refractivity contribution in [3.8, 4) is 0 Å². The van der Waals surface area contributed by atoms with Gasteiger partial charge in [0.05, 0.1) is 0 Å². The topological polar surface area (TPSA) is 15.3 Å². The van der Waals surface area contributed by atoms with Crippen molar-refractivity contribution in [2.24, 2.45) is 0 Å². The molecule has 118 valence electrons. The molecule has 0 saturated carbocycles. The van der Waals surface area contributed by atoms with Crippen LogP contribution in [0.25, 0.3) is 0 Å². The van der Waals surface area contributed by atoms with Gasteiger partial charge < -0.3 is 5.32 Å². The van der Waals surface area contributed by atoms with Gasteiger partial charge in [0.25, 0.3) is 0 Å².